The molecule has 0 aromatic heterocycles. The van der Waals surface area contributed by atoms with Crippen LogP contribution >= 0.6 is 0 Å². The highest BCUT2D eigenvalue weighted by molar-refractivity contribution is 5.69. The summed E-state index contributed by atoms with van der Waals surface area (Å²) in [6.45, 7) is 12.3. The maximum Gasteiger partial charge on any atom is 0.407 e. The first-order valence-corrected chi connectivity index (χ1v) is 8.69. The number of benzene rings is 2. The minimum absolute atomic E-state index is 0. The molecular weight excluding hydrogens is 350 g/mol. The number of allylic oxidation sites excluding steroid dienone is 1. The van der Waals surface area contributed by atoms with Gasteiger partial charge in [0.15, 0.2) is 0 Å². The lowest BCUT2D eigenvalue weighted by Crippen LogP contribution is -2.41. The summed E-state index contributed by atoms with van der Waals surface area (Å²) in [4.78, 5) is 12.1. The van der Waals surface area contributed by atoms with Crippen LogP contribution in [-0.4, -0.2) is 19.3 Å². The SMILES string of the molecule is C.C.C=C(C)c1cccc(C(C)(C)NC(=O)OCCOc2ccc(C)cc2)c1. The number of ether oxygens (including phenoxy) is 2. The number of nitrogens with one attached hydrogen (secondary N) is 1. The fraction of sp³-hybridized carbons (Fsp3) is 0.375. The topological polar surface area (TPSA) is 47.6 Å². The minimum atomic E-state index is -0.555. The molecule has 0 unspecified atom stereocenters. The molecule has 4 nitrogen and oxygen atoms in total. The number of aryl methyl sites for hydroxylation is 1. The van der Waals surface area contributed by atoms with Gasteiger partial charge < -0.3 is 14.8 Å². The third-order valence-corrected chi connectivity index (χ3v) is 4.10. The molecule has 0 bridgehead atoms. The van der Waals surface area contributed by atoms with Crippen molar-refractivity contribution in [3.05, 3.63) is 71.8 Å². The average Bonchev–Trinajstić information content (AvgIpc) is 2.60. The van der Waals surface area contributed by atoms with Gasteiger partial charge in [-0.2, -0.15) is 0 Å². The molecule has 1 N–H and O–H groups in total. The second-order valence-electron chi connectivity index (χ2n) is 6.91. The van der Waals surface area contributed by atoms with Gasteiger partial charge in [0.2, 0.25) is 0 Å². The predicted octanol–water partition coefficient (Wildman–Crippen LogP) is 6.34. The van der Waals surface area contributed by atoms with Crippen LogP contribution in [0.4, 0.5) is 4.79 Å². The summed E-state index contributed by atoms with van der Waals surface area (Å²) in [5.74, 6) is 0.761. The lowest BCUT2D eigenvalue weighted by molar-refractivity contribution is 0.117. The van der Waals surface area contributed by atoms with Gasteiger partial charge in [0.25, 0.3) is 0 Å². The Labute approximate surface area is 170 Å². The molecule has 0 spiro atoms. The molecule has 0 aliphatic heterocycles. The van der Waals surface area contributed by atoms with E-state index >= 15 is 0 Å². The van der Waals surface area contributed by atoms with Crippen molar-refractivity contribution in [1.29, 1.82) is 0 Å². The van der Waals surface area contributed by atoms with Gasteiger partial charge in [-0.3, -0.25) is 0 Å². The van der Waals surface area contributed by atoms with Crippen LogP contribution in [0.1, 0.15) is 52.3 Å². The van der Waals surface area contributed by atoms with Crippen LogP contribution in [0.5, 0.6) is 5.75 Å². The maximum atomic E-state index is 12.1. The van der Waals surface area contributed by atoms with Gasteiger partial charge in [0.05, 0.1) is 5.54 Å². The number of alkyl carbamates (subject to hydrolysis) is 1. The summed E-state index contributed by atoms with van der Waals surface area (Å²) in [6.07, 6.45) is -0.469. The average molecular weight is 386 g/mol. The molecule has 1 amide bonds. The Hall–Kier alpha value is -2.75. The Morgan fingerprint density at radius 1 is 1.07 bits per heavy atom. The van der Waals surface area contributed by atoms with Crippen LogP contribution in [0.25, 0.3) is 5.57 Å². The number of rotatable bonds is 7. The van der Waals surface area contributed by atoms with Crippen LogP contribution in [0, 0.1) is 6.92 Å². The quantitative estimate of drug-likeness (QED) is 0.566. The second-order valence-corrected chi connectivity index (χ2v) is 6.91. The Bertz CT molecular complexity index is 764. The van der Waals surface area contributed by atoms with E-state index in [0.717, 1.165) is 22.4 Å². The van der Waals surface area contributed by atoms with E-state index in [2.05, 4.69) is 11.9 Å². The van der Waals surface area contributed by atoms with E-state index in [0.29, 0.717) is 6.61 Å². The molecule has 0 radical (unpaired) electrons. The molecule has 0 saturated heterocycles. The lowest BCUT2D eigenvalue weighted by Gasteiger charge is -2.27. The minimum Gasteiger partial charge on any atom is -0.490 e. The summed E-state index contributed by atoms with van der Waals surface area (Å²) < 4.78 is 10.8. The molecule has 0 aliphatic carbocycles. The van der Waals surface area contributed by atoms with Crippen LogP contribution in [0.15, 0.2) is 55.1 Å². The van der Waals surface area contributed by atoms with Gasteiger partial charge in [0, 0.05) is 0 Å². The molecule has 2 aromatic carbocycles. The number of hydrogen-bond donors (Lipinski definition) is 1. The zero-order valence-electron chi connectivity index (χ0n) is 16.0. The van der Waals surface area contributed by atoms with Crippen molar-refractivity contribution in [2.45, 2.75) is 48.1 Å². The largest absolute Gasteiger partial charge is 0.490 e. The molecule has 0 aliphatic rings. The Balaban J connectivity index is 0.00000364. The van der Waals surface area contributed by atoms with Crippen molar-refractivity contribution in [3.8, 4) is 5.75 Å². The number of carbonyl (C=O) groups is 1. The van der Waals surface area contributed by atoms with Gasteiger partial charge >= 0.3 is 6.09 Å². The molecule has 0 saturated carbocycles. The van der Waals surface area contributed by atoms with Crippen molar-refractivity contribution < 1.29 is 14.3 Å². The molecular formula is C24H35NO3. The summed E-state index contributed by atoms with van der Waals surface area (Å²) in [5.41, 5.74) is 3.65. The van der Waals surface area contributed by atoms with Crippen LogP contribution < -0.4 is 10.1 Å². The fourth-order valence-corrected chi connectivity index (χ4v) is 2.47. The highest BCUT2D eigenvalue weighted by Gasteiger charge is 2.23. The van der Waals surface area contributed by atoms with Crippen molar-refractivity contribution >= 4 is 11.7 Å². The first-order chi connectivity index (χ1) is 12.3. The first kappa shape index (κ1) is 25.2. The van der Waals surface area contributed by atoms with E-state index in [1.807, 2.05) is 76.2 Å². The Morgan fingerprint density at radius 2 is 1.71 bits per heavy atom. The third kappa shape index (κ3) is 7.47. The Morgan fingerprint density at radius 3 is 2.32 bits per heavy atom. The van der Waals surface area contributed by atoms with E-state index in [1.54, 1.807) is 0 Å². The van der Waals surface area contributed by atoms with Crippen molar-refractivity contribution in [1.82, 2.24) is 5.32 Å². The van der Waals surface area contributed by atoms with Gasteiger partial charge in [-0.25, -0.2) is 4.79 Å². The van der Waals surface area contributed by atoms with E-state index in [9.17, 15) is 4.79 Å². The Kier molecular flexibility index (Phi) is 10.1. The molecule has 0 heterocycles. The first-order valence-electron chi connectivity index (χ1n) is 8.69. The number of carbonyl (C=O) groups excluding carboxylic acids is 1. The zero-order chi connectivity index (χ0) is 19.2. The molecule has 28 heavy (non-hydrogen) atoms. The van der Waals surface area contributed by atoms with Crippen LogP contribution in [0.2, 0.25) is 0 Å². The predicted molar refractivity (Wildman–Crippen MR) is 119 cm³/mol. The normalized spacial score (nSPS) is 10.1. The molecule has 0 atom stereocenters. The zero-order valence-corrected chi connectivity index (χ0v) is 16.0. The van der Waals surface area contributed by atoms with E-state index in [-0.39, 0.29) is 21.5 Å². The highest BCUT2D eigenvalue weighted by Crippen LogP contribution is 2.23. The summed E-state index contributed by atoms with van der Waals surface area (Å²) in [6, 6.07) is 15.7. The van der Waals surface area contributed by atoms with Crippen molar-refractivity contribution in [2.24, 2.45) is 0 Å². The van der Waals surface area contributed by atoms with Crippen molar-refractivity contribution in [3.63, 3.8) is 0 Å². The number of amides is 1. The highest BCUT2D eigenvalue weighted by atomic mass is 16.6. The van der Waals surface area contributed by atoms with Gasteiger partial charge in [-0.1, -0.05) is 62.9 Å². The monoisotopic (exact) mass is 385 g/mol. The van der Waals surface area contributed by atoms with Gasteiger partial charge in [-0.05, 0) is 57.0 Å². The van der Waals surface area contributed by atoms with Crippen LogP contribution in [-0.2, 0) is 10.3 Å². The number of hydrogen-bond acceptors (Lipinski definition) is 3. The van der Waals surface area contributed by atoms with E-state index in [4.69, 9.17) is 9.47 Å². The molecule has 2 rings (SSSR count). The van der Waals surface area contributed by atoms with Gasteiger partial charge in [0.1, 0.15) is 19.0 Å². The molecule has 4 heteroatoms. The van der Waals surface area contributed by atoms with Gasteiger partial charge in [-0.15, -0.1) is 0 Å². The molecule has 2 aromatic rings. The van der Waals surface area contributed by atoms with Crippen LogP contribution in [0.3, 0.4) is 0 Å². The maximum absolute atomic E-state index is 12.1. The standard InChI is InChI=1S/C22H27NO3.2CH4/c1-16(2)18-7-6-8-19(15-18)22(4,5)23-21(24)26-14-13-25-20-11-9-17(3)10-12-20;;/h6-12,15H,1,13-14H2,2-5H3,(H,23,24);2*1H4. The summed E-state index contributed by atoms with van der Waals surface area (Å²) in [5, 5.41) is 2.90. The van der Waals surface area contributed by atoms with E-state index < -0.39 is 11.6 Å². The second kappa shape index (κ2) is 11.2. The lowest BCUT2D eigenvalue weighted by atomic mass is 9.92. The molecule has 154 valence electrons. The third-order valence-electron chi connectivity index (χ3n) is 4.10. The fourth-order valence-electron chi connectivity index (χ4n) is 2.47. The van der Waals surface area contributed by atoms with Crippen molar-refractivity contribution in [2.75, 3.05) is 13.2 Å². The molecule has 0 fully saturated rings. The summed E-state index contributed by atoms with van der Waals surface area (Å²) in [7, 11) is 0. The smallest absolute Gasteiger partial charge is 0.407 e. The van der Waals surface area contributed by atoms with E-state index in [1.165, 1.54) is 5.56 Å². The summed E-state index contributed by atoms with van der Waals surface area (Å²) >= 11 is 0.